The number of phosphoric ester groups is 2. The lowest BCUT2D eigenvalue weighted by atomic mass is 9.99. The molecule has 0 rings (SSSR count). The molecule has 0 radical (unpaired) electrons. The summed E-state index contributed by atoms with van der Waals surface area (Å²) in [6.45, 7) is 14.4. The Morgan fingerprint density at radius 3 is 0.657 bits per heavy atom. The summed E-state index contributed by atoms with van der Waals surface area (Å²) in [7, 11) is -9.93. The number of aliphatic hydroxyl groups excluding tert-OH is 1. The molecule has 0 aliphatic rings. The minimum Gasteiger partial charge on any atom is -0.462 e. The predicted molar refractivity (Wildman–Crippen MR) is 446 cm³/mol. The average molecular weight is 1580 g/mol. The summed E-state index contributed by atoms with van der Waals surface area (Å²) in [4.78, 5) is 73.3. The van der Waals surface area contributed by atoms with Crippen LogP contribution in [-0.2, 0) is 65.4 Å². The van der Waals surface area contributed by atoms with Crippen LogP contribution in [0.15, 0.2) is 0 Å². The zero-order valence-electron chi connectivity index (χ0n) is 71.5. The molecular formula is C89H174O17P2. The van der Waals surface area contributed by atoms with E-state index in [1.807, 2.05) is 0 Å². The van der Waals surface area contributed by atoms with Crippen molar-refractivity contribution in [2.75, 3.05) is 39.6 Å². The van der Waals surface area contributed by atoms with Gasteiger partial charge in [0.1, 0.15) is 19.3 Å². The van der Waals surface area contributed by atoms with Gasteiger partial charge in [0, 0.05) is 25.7 Å². The van der Waals surface area contributed by atoms with Crippen molar-refractivity contribution in [1.29, 1.82) is 0 Å². The highest BCUT2D eigenvalue weighted by atomic mass is 31.2. The van der Waals surface area contributed by atoms with E-state index in [0.29, 0.717) is 25.7 Å². The van der Waals surface area contributed by atoms with Gasteiger partial charge in [0.05, 0.1) is 26.4 Å². The van der Waals surface area contributed by atoms with E-state index in [1.165, 1.54) is 263 Å². The molecule has 0 aliphatic heterocycles. The van der Waals surface area contributed by atoms with Gasteiger partial charge in [0.15, 0.2) is 12.2 Å². The molecule has 0 fully saturated rings. The van der Waals surface area contributed by atoms with E-state index in [2.05, 4.69) is 55.4 Å². The van der Waals surface area contributed by atoms with Gasteiger partial charge >= 0.3 is 39.5 Å². The van der Waals surface area contributed by atoms with E-state index in [-0.39, 0.29) is 25.7 Å². The van der Waals surface area contributed by atoms with Crippen LogP contribution in [0.4, 0.5) is 0 Å². The Labute approximate surface area is 664 Å². The van der Waals surface area contributed by atoms with E-state index in [4.69, 9.17) is 37.0 Å². The molecule has 4 unspecified atom stereocenters. The van der Waals surface area contributed by atoms with E-state index in [1.54, 1.807) is 0 Å². The second-order valence-corrected chi connectivity index (χ2v) is 36.3. The number of hydrogen-bond donors (Lipinski definition) is 3. The maximum atomic E-state index is 13.2. The van der Waals surface area contributed by atoms with Gasteiger partial charge in [-0.25, -0.2) is 9.13 Å². The van der Waals surface area contributed by atoms with Gasteiger partial charge in [-0.15, -0.1) is 0 Å². The first kappa shape index (κ1) is 106. The number of esters is 4. The van der Waals surface area contributed by atoms with Gasteiger partial charge in [-0.3, -0.25) is 37.3 Å². The Morgan fingerprint density at radius 1 is 0.259 bits per heavy atom. The van der Waals surface area contributed by atoms with Gasteiger partial charge < -0.3 is 33.8 Å². The van der Waals surface area contributed by atoms with Crippen molar-refractivity contribution >= 4 is 39.5 Å². The number of hydrogen-bond acceptors (Lipinski definition) is 15. The van der Waals surface area contributed by atoms with E-state index in [9.17, 15) is 43.2 Å². The summed E-state index contributed by atoms with van der Waals surface area (Å²) >= 11 is 0. The number of ether oxygens (including phenoxy) is 4. The number of aliphatic hydroxyl groups is 1. The fourth-order valence-corrected chi connectivity index (χ4v) is 15.4. The lowest BCUT2D eigenvalue weighted by Crippen LogP contribution is -2.30. The maximum Gasteiger partial charge on any atom is 0.472 e. The summed E-state index contributed by atoms with van der Waals surface area (Å²) in [6.07, 6.45) is 68.1. The summed E-state index contributed by atoms with van der Waals surface area (Å²) in [5, 5.41) is 10.7. The quantitative estimate of drug-likeness (QED) is 0.0222. The fraction of sp³-hybridized carbons (Fsp3) is 0.955. The molecule has 7 atom stereocenters. The van der Waals surface area contributed by atoms with Crippen molar-refractivity contribution in [3.8, 4) is 0 Å². The minimum atomic E-state index is -4.97. The monoisotopic (exact) mass is 1580 g/mol. The van der Waals surface area contributed by atoms with Crippen molar-refractivity contribution in [3.05, 3.63) is 0 Å². The SMILES string of the molecule is CCC(C)CCCCCCCCCCCCCCCCCCCCC(=O)O[C@H](COC(=O)CCCCCCCCCCCCCCCCC(C)C)COP(=O)(O)OC[C@@H](O)COP(=O)(O)OC[C@@H](COC(=O)CCCCCCCCC(C)CC)OC(=O)CCCCCCCCCCCCCCCCCCC(C)C. The molecule has 0 amide bonds. The first-order valence-electron chi connectivity index (χ1n) is 45.8. The van der Waals surface area contributed by atoms with Crippen molar-refractivity contribution in [2.45, 2.75) is 485 Å². The molecular weight excluding hydrogens is 1400 g/mol. The standard InChI is InChI=1S/C89H174O17P2/c1-9-81(7)67-59-51-43-37-31-25-18-13-11-12-14-19-27-33-39-45-55-63-71-88(93)105-84(75-99-86(91)69-61-53-44-38-32-26-22-21-24-30-36-42-50-58-66-80(5)6)77-103-107(95,96)101-73-83(90)74-102-108(97,98)104-78-85(76-100-87(92)70-62-54-48-47-52-60-68-82(8)10-2)106-89(94)72-64-56-46-40-34-28-20-16-15-17-23-29-35-41-49-57-65-79(3)4/h79-85,90H,9-78H2,1-8H3,(H,95,96)(H,97,98)/t81?,82?,83-,84-,85-/m1/s1. The second kappa shape index (κ2) is 77.6. The van der Waals surface area contributed by atoms with E-state index in [0.717, 1.165) is 120 Å². The molecule has 0 spiro atoms. The Morgan fingerprint density at radius 2 is 0.444 bits per heavy atom. The molecule has 108 heavy (non-hydrogen) atoms. The van der Waals surface area contributed by atoms with Crippen LogP contribution in [0.2, 0.25) is 0 Å². The number of phosphoric acid groups is 2. The number of carbonyl (C=O) groups excluding carboxylic acids is 4. The third kappa shape index (κ3) is 79.3. The van der Waals surface area contributed by atoms with Crippen LogP contribution in [0, 0.1) is 23.7 Å². The van der Waals surface area contributed by atoms with Crippen molar-refractivity contribution in [2.24, 2.45) is 23.7 Å². The summed E-state index contributed by atoms with van der Waals surface area (Å²) in [5.41, 5.74) is 0. The van der Waals surface area contributed by atoms with Gasteiger partial charge in [-0.2, -0.15) is 0 Å². The Balaban J connectivity index is 5.22. The Kier molecular flexibility index (Phi) is 76.2. The maximum absolute atomic E-state index is 13.2. The Hall–Kier alpha value is -1.94. The van der Waals surface area contributed by atoms with Crippen LogP contribution in [0.1, 0.15) is 466 Å². The normalized spacial score (nSPS) is 14.4. The third-order valence-electron chi connectivity index (χ3n) is 21.5. The summed E-state index contributed by atoms with van der Waals surface area (Å²) in [6, 6.07) is 0. The predicted octanol–water partition coefficient (Wildman–Crippen LogP) is 27.1. The molecule has 0 aliphatic carbocycles. The zero-order chi connectivity index (χ0) is 79.5. The Bertz CT molecular complexity index is 2100. The third-order valence-corrected chi connectivity index (χ3v) is 23.4. The second-order valence-electron chi connectivity index (χ2n) is 33.4. The summed E-state index contributed by atoms with van der Waals surface area (Å²) < 4.78 is 69.0. The molecule has 0 heterocycles. The van der Waals surface area contributed by atoms with Crippen LogP contribution < -0.4 is 0 Å². The topological polar surface area (TPSA) is 237 Å². The van der Waals surface area contributed by atoms with Gasteiger partial charge in [-0.05, 0) is 49.4 Å². The first-order valence-corrected chi connectivity index (χ1v) is 48.8. The van der Waals surface area contributed by atoms with Crippen molar-refractivity contribution < 1.29 is 80.2 Å². The number of carbonyl (C=O) groups is 4. The summed E-state index contributed by atoms with van der Waals surface area (Å²) in [5.74, 6) is 1.11. The van der Waals surface area contributed by atoms with Crippen LogP contribution in [0.3, 0.4) is 0 Å². The lowest BCUT2D eigenvalue weighted by Gasteiger charge is -2.21. The fourth-order valence-electron chi connectivity index (χ4n) is 13.8. The molecule has 19 heteroatoms. The highest BCUT2D eigenvalue weighted by Crippen LogP contribution is 2.45. The van der Waals surface area contributed by atoms with Crippen molar-refractivity contribution in [3.63, 3.8) is 0 Å². The molecule has 0 aromatic heterocycles. The minimum absolute atomic E-state index is 0.107. The highest BCUT2D eigenvalue weighted by Gasteiger charge is 2.31. The zero-order valence-corrected chi connectivity index (χ0v) is 73.3. The van der Waals surface area contributed by atoms with Crippen molar-refractivity contribution in [1.82, 2.24) is 0 Å². The van der Waals surface area contributed by atoms with E-state index < -0.39 is 97.5 Å². The smallest absolute Gasteiger partial charge is 0.462 e. The first-order chi connectivity index (χ1) is 52.2. The highest BCUT2D eigenvalue weighted by molar-refractivity contribution is 7.47. The van der Waals surface area contributed by atoms with Gasteiger partial charge in [0.2, 0.25) is 0 Å². The molecule has 0 aromatic rings. The van der Waals surface area contributed by atoms with Crippen LogP contribution in [-0.4, -0.2) is 96.7 Å². The largest absolute Gasteiger partial charge is 0.472 e. The lowest BCUT2D eigenvalue weighted by molar-refractivity contribution is -0.161. The molecule has 0 bridgehead atoms. The molecule has 0 saturated heterocycles. The van der Waals surface area contributed by atoms with Crippen LogP contribution in [0.25, 0.3) is 0 Å². The van der Waals surface area contributed by atoms with Gasteiger partial charge in [0.25, 0.3) is 0 Å². The van der Waals surface area contributed by atoms with Crippen LogP contribution in [0.5, 0.6) is 0 Å². The number of rotatable bonds is 86. The van der Waals surface area contributed by atoms with Gasteiger partial charge in [-0.1, -0.05) is 415 Å². The average Bonchev–Trinajstić information content (AvgIpc) is 0.902. The molecule has 642 valence electrons. The molecule has 17 nitrogen and oxygen atoms in total. The molecule has 0 aromatic carbocycles. The number of unbranched alkanes of at least 4 members (excludes halogenated alkanes) is 50. The molecule has 3 N–H and O–H groups in total. The van der Waals surface area contributed by atoms with Crippen LogP contribution >= 0.6 is 15.6 Å². The molecule has 0 saturated carbocycles. The van der Waals surface area contributed by atoms with E-state index >= 15 is 0 Å².